The van der Waals surface area contributed by atoms with Crippen molar-refractivity contribution in [3.63, 3.8) is 0 Å². The van der Waals surface area contributed by atoms with Crippen LogP contribution < -0.4 is 10.9 Å². The Balaban J connectivity index is 2.79. The lowest BCUT2D eigenvalue weighted by Crippen LogP contribution is -2.32. The van der Waals surface area contributed by atoms with Crippen LogP contribution in [0.2, 0.25) is 5.02 Å². The third kappa shape index (κ3) is 5.75. The average molecular weight is 462 g/mol. The molecule has 1 aromatic heterocycles. The predicted octanol–water partition coefficient (Wildman–Crippen LogP) is 4.48. The number of ether oxygens (including phenoxy) is 1. The number of hydrogen-bond acceptors (Lipinski definition) is 6. The van der Waals surface area contributed by atoms with E-state index in [1.165, 1.54) is 13.1 Å². The van der Waals surface area contributed by atoms with Gasteiger partial charge in [0.15, 0.2) is 0 Å². The van der Waals surface area contributed by atoms with Gasteiger partial charge >= 0.3 is 23.4 Å². The van der Waals surface area contributed by atoms with E-state index >= 15 is 0 Å². The quantitative estimate of drug-likeness (QED) is 0.400. The first-order chi connectivity index (χ1) is 14.1. The van der Waals surface area contributed by atoms with Crippen molar-refractivity contribution in [3.8, 4) is 11.3 Å². The molecule has 2 aromatic rings. The number of rotatable bonds is 5. The van der Waals surface area contributed by atoms with E-state index in [1.807, 2.05) is 0 Å². The average Bonchev–Trinajstić information content (AvgIpc) is 2.60. The van der Waals surface area contributed by atoms with E-state index in [4.69, 9.17) is 16.3 Å². The summed E-state index contributed by atoms with van der Waals surface area (Å²) < 4.78 is 45.8. The molecular formula is C19H19ClF3N3O5. The molecule has 1 aromatic carbocycles. The van der Waals surface area contributed by atoms with Crippen LogP contribution in [0.3, 0.4) is 0 Å². The molecule has 0 saturated carbocycles. The van der Waals surface area contributed by atoms with Crippen LogP contribution in [-0.4, -0.2) is 28.1 Å². The zero-order valence-electron chi connectivity index (χ0n) is 17.0. The topological polar surface area (TPSA) is 103 Å². The van der Waals surface area contributed by atoms with Gasteiger partial charge in [-0.2, -0.15) is 13.2 Å². The number of alkyl halides is 3. The molecule has 31 heavy (non-hydrogen) atoms. The van der Waals surface area contributed by atoms with Crippen LogP contribution in [-0.2, 0) is 22.3 Å². The van der Waals surface area contributed by atoms with Gasteiger partial charge in [0.05, 0.1) is 16.2 Å². The van der Waals surface area contributed by atoms with E-state index in [0.29, 0.717) is 4.57 Å². The number of nitrogens with one attached hydrogen (secondary N) is 1. The Morgan fingerprint density at radius 1 is 1.23 bits per heavy atom. The maximum atomic E-state index is 13.3. The standard InChI is InChI=1S/C19H19ClF3N3O5/c1-18(2,3)31-15(27)9-25-14(8-13(20)16(17(25)28)26(29)30)10-5-11(19(21,22)23)7-12(6-10)24-4/h5-8,24H,9H2,1-4H3. The molecular weight excluding hydrogens is 443 g/mol. The highest BCUT2D eigenvalue weighted by Crippen LogP contribution is 2.36. The second kappa shape index (κ2) is 8.58. The third-order valence-electron chi connectivity index (χ3n) is 3.96. The largest absolute Gasteiger partial charge is 0.459 e. The lowest BCUT2D eigenvalue weighted by molar-refractivity contribution is -0.386. The summed E-state index contributed by atoms with van der Waals surface area (Å²) in [6.45, 7) is 3.95. The molecule has 1 N–H and O–H groups in total. The summed E-state index contributed by atoms with van der Waals surface area (Å²) in [6.07, 6.45) is -4.71. The number of hydrogen-bond donors (Lipinski definition) is 1. The van der Waals surface area contributed by atoms with Gasteiger partial charge in [0.1, 0.15) is 17.2 Å². The van der Waals surface area contributed by atoms with Crippen molar-refractivity contribution < 1.29 is 27.6 Å². The van der Waals surface area contributed by atoms with Crippen LogP contribution in [0.4, 0.5) is 24.5 Å². The van der Waals surface area contributed by atoms with E-state index in [9.17, 15) is 32.9 Å². The van der Waals surface area contributed by atoms with Gasteiger partial charge in [-0.15, -0.1) is 0 Å². The first kappa shape index (κ1) is 24.2. The summed E-state index contributed by atoms with van der Waals surface area (Å²) in [6, 6.07) is 3.87. The lowest BCUT2D eigenvalue weighted by Gasteiger charge is -2.21. The van der Waals surface area contributed by atoms with Crippen LogP contribution in [0.25, 0.3) is 11.3 Å². The highest BCUT2D eigenvalue weighted by molar-refractivity contribution is 6.32. The Hall–Kier alpha value is -3.08. The molecule has 0 aliphatic heterocycles. The number of carbonyl (C=O) groups excluding carboxylic acids is 1. The molecule has 0 unspecified atom stereocenters. The summed E-state index contributed by atoms with van der Waals surface area (Å²) in [7, 11) is 1.40. The number of esters is 1. The minimum atomic E-state index is -4.71. The Kier molecular flexibility index (Phi) is 6.69. The number of nitro groups is 1. The van der Waals surface area contributed by atoms with Crippen LogP contribution >= 0.6 is 11.6 Å². The molecule has 0 aliphatic carbocycles. The minimum Gasteiger partial charge on any atom is -0.459 e. The molecule has 0 atom stereocenters. The van der Waals surface area contributed by atoms with E-state index in [0.717, 1.165) is 18.2 Å². The number of aromatic nitrogens is 1. The van der Waals surface area contributed by atoms with Crippen LogP contribution in [0, 0.1) is 10.1 Å². The van der Waals surface area contributed by atoms with Gasteiger partial charge in [-0.1, -0.05) is 11.6 Å². The van der Waals surface area contributed by atoms with Gasteiger partial charge in [-0.05, 0) is 45.0 Å². The maximum absolute atomic E-state index is 13.3. The van der Waals surface area contributed by atoms with Gasteiger partial charge in [-0.3, -0.25) is 24.3 Å². The van der Waals surface area contributed by atoms with Gasteiger partial charge in [0, 0.05) is 18.3 Å². The molecule has 8 nitrogen and oxygen atoms in total. The number of pyridine rings is 1. The Morgan fingerprint density at radius 2 is 1.84 bits per heavy atom. The fraction of sp³-hybridized carbons (Fsp3) is 0.368. The van der Waals surface area contributed by atoms with Crippen molar-refractivity contribution in [1.29, 1.82) is 0 Å². The predicted molar refractivity (Wildman–Crippen MR) is 108 cm³/mol. The van der Waals surface area contributed by atoms with E-state index in [2.05, 4.69) is 5.32 Å². The second-order valence-corrected chi connectivity index (χ2v) is 7.91. The van der Waals surface area contributed by atoms with Crippen molar-refractivity contribution in [3.05, 3.63) is 55.3 Å². The van der Waals surface area contributed by atoms with E-state index < -0.39 is 51.0 Å². The Bertz CT molecular complexity index is 1090. The molecule has 0 bridgehead atoms. The smallest absolute Gasteiger partial charge is 0.416 e. The van der Waals surface area contributed by atoms with Crippen molar-refractivity contribution in [2.45, 2.75) is 39.1 Å². The van der Waals surface area contributed by atoms with Gasteiger partial charge in [0.2, 0.25) is 0 Å². The molecule has 0 saturated heterocycles. The zero-order valence-corrected chi connectivity index (χ0v) is 17.7. The summed E-state index contributed by atoms with van der Waals surface area (Å²) in [5, 5.41) is 13.3. The molecule has 168 valence electrons. The highest BCUT2D eigenvalue weighted by Gasteiger charge is 2.32. The third-order valence-corrected chi connectivity index (χ3v) is 4.25. The maximum Gasteiger partial charge on any atom is 0.416 e. The number of nitrogens with zero attached hydrogens (tertiary/aromatic N) is 2. The van der Waals surface area contributed by atoms with Gasteiger partial charge in [0.25, 0.3) is 0 Å². The minimum absolute atomic E-state index is 0.0653. The molecule has 12 heteroatoms. The number of carbonyl (C=O) groups is 1. The van der Waals surface area contributed by atoms with Gasteiger partial charge < -0.3 is 10.1 Å². The molecule has 0 radical (unpaired) electrons. The van der Waals surface area contributed by atoms with Crippen LogP contribution in [0.5, 0.6) is 0 Å². The van der Waals surface area contributed by atoms with Crippen molar-refractivity contribution in [2.24, 2.45) is 0 Å². The SMILES string of the molecule is CNc1cc(-c2cc(Cl)c([N+](=O)[O-])c(=O)n2CC(=O)OC(C)(C)C)cc(C(F)(F)F)c1. The second-order valence-electron chi connectivity index (χ2n) is 7.51. The molecule has 0 aliphatic rings. The number of benzene rings is 1. The fourth-order valence-corrected chi connectivity index (χ4v) is 3.01. The Morgan fingerprint density at radius 3 is 2.32 bits per heavy atom. The first-order valence-corrected chi connectivity index (χ1v) is 9.22. The number of halogens is 4. The van der Waals surface area contributed by atoms with Crippen molar-refractivity contribution in [1.82, 2.24) is 4.57 Å². The molecule has 0 fully saturated rings. The van der Waals surface area contributed by atoms with Crippen LogP contribution in [0.15, 0.2) is 29.1 Å². The Labute approximate surface area is 179 Å². The normalized spacial score (nSPS) is 11.9. The summed E-state index contributed by atoms with van der Waals surface area (Å²) >= 11 is 5.89. The van der Waals surface area contributed by atoms with Gasteiger partial charge in [-0.25, -0.2) is 0 Å². The lowest BCUT2D eigenvalue weighted by atomic mass is 10.0. The zero-order chi connectivity index (χ0) is 23.7. The number of anilines is 1. The summed E-state index contributed by atoms with van der Waals surface area (Å²) in [5.41, 5.74) is -4.48. The molecule has 0 spiro atoms. The monoisotopic (exact) mass is 461 g/mol. The fourth-order valence-electron chi connectivity index (χ4n) is 2.75. The van der Waals surface area contributed by atoms with E-state index in [-0.39, 0.29) is 16.9 Å². The van der Waals surface area contributed by atoms with Crippen molar-refractivity contribution in [2.75, 3.05) is 12.4 Å². The van der Waals surface area contributed by atoms with Crippen molar-refractivity contribution >= 4 is 28.9 Å². The molecule has 2 rings (SSSR count). The first-order valence-electron chi connectivity index (χ1n) is 8.84. The van der Waals surface area contributed by atoms with E-state index in [1.54, 1.807) is 20.8 Å². The van der Waals surface area contributed by atoms with Crippen LogP contribution in [0.1, 0.15) is 26.3 Å². The summed E-state index contributed by atoms with van der Waals surface area (Å²) in [5.74, 6) is -0.909. The summed E-state index contributed by atoms with van der Waals surface area (Å²) in [4.78, 5) is 35.3. The molecule has 0 amide bonds. The highest BCUT2D eigenvalue weighted by atomic mass is 35.5. The molecule has 1 heterocycles.